The van der Waals surface area contributed by atoms with Crippen molar-refractivity contribution in [3.05, 3.63) is 41.0 Å². The van der Waals surface area contributed by atoms with Crippen molar-refractivity contribution in [3.63, 3.8) is 0 Å². The predicted octanol–water partition coefficient (Wildman–Crippen LogP) is 3.15. The average molecular weight is 331 g/mol. The van der Waals surface area contributed by atoms with Gasteiger partial charge in [0.1, 0.15) is 20.6 Å². The lowest BCUT2D eigenvalue weighted by atomic mass is 10.4. The van der Waals surface area contributed by atoms with Gasteiger partial charge < -0.3 is 19.0 Å². The summed E-state index contributed by atoms with van der Waals surface area (Å²) in [6.07, 6.45) is 2.39. The van der Waals surface area contributed by atoms with E-state index in [1.165, 1.54) is 12.3 Å². The molecule has 8 heteroatoms. The van der Waals surface area contributed by atoms with Crippen LogP contribution in [0.25, 0.3) is 0 Å². The molecule has 0 aliphatic rings. The molecular weight excluding hydrogens is 316 g/mol. The van der Waals surface area contributed by atoms with E-state index in [9.17, 15) is 9.59 Å². The Kier molecular flexibility index (Phi) is 5.39. The number of carbonyl (C=O) groups is 2. The summed E-state index contributed by atoms with van der Waals surface area (Å²) in [5.41, 5.74) is 0.312. The first-order chi connectivity index (χ1) is 9.61. The molecule has 0 aromatic carbocycles. The Hall–Kier alpha value is -1.99. The molecule has 0 unspecified atom stereocenters. The number of rotatable bonds is 3. The summed E-state index contributed by atoms with van der Waals surface area (Å²) in [6.45, 7) is 6.33. The Labute approximate surface area is 127 Å². The second-order valence-corrected chi connectivity index (χ2v) is 10.6. The van der Waals surface area contributed by atoms with Gasteiger partial charge in [-0.15, -0.1) is 0 Å². The number of carboxylic acids is 2. The van der Waals surface area contributed by atoms with E-state index >= 15 is 0 Å². The van der Waals surface area contributed by atoms with Gasteiger partial charge in [-0.05, 0) is 17.7 Å². The molecule has 2 aromatic rings. The molecule has 0 aliphatic carbocycles. The number of aromatic carboxylic acids is 2. The van der Waals surface area contributed by atoms with Gasteiger partial charge in [-0.3, -0.25) is 0 Å². The fourth-order valence-corrected chi connectivity index (χ4v) is 2.43. The van der Waals surface area contributed by atoms with Crippen LogP contribution in [0.1, 0.15) is 20.7 Å². The molecule has 0 saturated carbocycles. The van der Waals surface area contributed by atoms with Crippen molar-refractivity contribution >= 4 is 37.0 Å². The maximum Gasteiger partial charge on any atom is 0.339 e. The lowest BCUT2D eigenvalue weighted by Gasteiger charge is -2.10. The molecule has 0 aliphatic heterocycles. The quantitative estimate of drug-likeness (QED) is 0.838. The molecule has 0 saturated heterocycles. The van der Waals surface area contributed by atoms with Crippen molar-refractivity contribution < 1.29 is 28.6 Å². The molecule has 0 amide bonds. The summed E-state index contributed by atoms with van der Waals surface area (Å²) in [5.74, 6) is -1.96. The molecule has 0 radical (unpaired) electrons. The van der Waals surface area contributed by atoms with Crippen LogP contribution in [0.5, 0.6) is 0 Å². The highest BCUT2D eigenvalue weighted by molar-refractivity contribution is 6.87. The Balaban J connectivity index is 0.000000219. The molecule has 0 bridgehead atoms. The second-order valence-electron chi connectivity index (χ2n) is 5.20. The minimum Gasteiger partial charge on any atom is -0.478 e. The number of hydrogen-bond donors (Lipinski definition) is 2. The van der Waals surface area contributed by atoms with Crippen molar-refractivity contribution in [1.82, 2.24) is 0 Å². The third-order valence-corrected chi connectivity index (χ3v) is 4.34. The zero-order chi connectivity index (χ0) is 16.2. The van der Waals surface area contributed by atoms with Crippen LogP contribution in [0.3, 0.4) is 0 Å². The van der Waals surface area contributed by atoms with E-state index in [1.807, 2.05) is 0 Å². The van der Waals surface area contributed by atoms with Gasteiger partial charge >= 0.3 is 11.9 Å². The molecule has 0 atom stereocenters. The van der Waals surface area contributed by atoms with Crippen molar-refractivity contribution in [2.45, 2.75) is 19.6 Å². The highest BCUT2D eigenvalue weighted by Gasteiger charge is 2.22. The van der Waals surface area contributed by atoms with Crippen LogP contribution >= 0.6 is 11.6 Å². The Morgan fingerprint density at radius 3 is 1.71 bits per heavy atom. The van der Waals surface area contributed by atoms with Crippen molar-refractivity contribution in [2.75, 3.05) is 0 Å². The summed E-state index contributed by atoms with van der Waals surface area (Å²) in [5, 5.41) is 17.8. The van der Waals surface area contributed by atoms with Crippen LogP contribution in [-0.2, 0) is 0 Å². The maximum absolute atomic E-state index is 10.5. The fourth-order valence-electron chi connectivity index (χ4n) is 1.26. The highest BCUT2D eigenvalue weighted by Crippen LogP contribution is 2.12. The van der Waals surface area contributed by atoms with E-state index in [2.05, 4.69) is 24.1 Å². The van der Waals surface area contributed by atoms with Crippen LogP contribution in [0.2, 0.25) is 24.9 Å². The summed E-state index contributed by atoms with van der Waals surface area (Å²) < 4.78 is 9.68. The van der Waals surface area contributed by atoms with Crippen molar-refractivity contribution in [1.29, 1.82) is 0 Å². The summed E-state index contributed by atoms with van der Waals surface area (Å²) in [4.78, 5) is 20.6. The van der Waals surface area contributed by atoms with Gasteiger partial charge in [-0.1, -0.05) is 19.6 Å². The van der Waals surface area contributed by atoms with E-state index < -0.39 is 20.0 Å². The van der Waals surface area contributed by atoms with Crippen LogP contribution < -0.4 is 5.38 Å². The van der Waals surface area contributed by atoms with E-state index in [-0.39, 0.29) is 16.3 Å². The maximum atomic E-state index is 10.5. The monoisotopic (exact) mass is 330 g/mol. The molecule has 0 fully saturated rings. The lowest BCUT2D eigenvalue weighted by molar-refractivity contribution is 0.0685. The Morgan fingerprint density at radius 2 is 1.48 bits per heavy atom. The largest absolute Gasteiger partial charge is 0.478 e. The fraction of sp³-hybridized carbons (Fsp3) is 0.231. The molecule has 6 nitrogen and oxygen atoms in total. The minimum atomic E-state index is -1.49. The smallest absolute Gasteiger partial charge is 0.339 e. The van der Waals surface area contributed by atoms with Crippen molar-refractivity contribution in [3.8, 4) is 0 Å². The van der Waals surface area contributed by atoms with Gasteiger partial charge in [0, 0.05) is 6.07 Å². The van der Waals surface area contributed by atoms with E-state index in [1.54, 1.807) is 6.07 Å². The second kappa shape index (κ2) is 6.64. The molecule has 2 heterocycles. The first kappa shape index (κ1) is 17.1. The van der Waals surface area contributed by atoms with E-state index in [0.717, 1.165) is 11.6 Å². The first-order valence-electron chi connectivity index (χ1n) is 5.91. The lowest BCUT2D eigenvalue weighted by Crippen LogP contribution is -2.36. The minimum absolute atomic E-state index is 0.0694. The summed E-state index contributed by atoms with van der Waals surface area (Å²) in [7, 11) is -1.49. The summed E-state index contributed by atoms with van der Waals surface area (Å²) >= 11 is 5.27. The molecule has 114 valence electrons. The number of hydrogen-bond acceptors (Lipinski definition) is 4. The van der Waals surface area contributed by atoms with Gasteiger partial charge in [0.05, 0.1) is 16.5 Å². The van der Waals surface area contributed by atoms with Crippen LogP contribution in [0.15, 0.2) is 33.5 Å². The number of halogens is 1. The molecule has 2 rings (SSSR count). The predicted molar refractivity (Wildman–Crippen MR) is 79.3 cm³/mol. The van der Waals surface area contributed by atoms with Crippen molar-refractivity contribution in [2.24, 2.45) is 0 Å². The number of carboxylic acid groups (broad SMARTS) is 2. The van der Waals surface area contributed by atoms with E-state index in [0.29, 0.717) is 0 Å². The topological polar surface area (TPSA) is 101 Å². The third-order valence-electron chi connectivity index (χ3n) is 2.40. The van der Waals surface area contributed by atoms with Gasteiger partial charge in [-0.25, -0.2) is 9.59 Å². The highest BCUT2D eigenvalue weighted by atomic mass is 35.5. The first-order valence-corrected chi connectivity index (χ1v) is 9.78. The third kappa shape index (κ3) is 5.12. The number of furan rings is 2. The van der Waals surface area contributed by atoms with Gasteiger partial charge in [0.15, 0.2) is 5.22 Å². The normalized spacial score (nSPS) is 10.7. The zero-order valence-corrected chi connectivity index (χ0v) is 13.5. The molecule has 2 aromatic heterocycles. The van der Waals surface area contributed by atoms with E-state index in [4.69, 9.17) is 26.2 Å². The molecule has 21 heavy (non-hydrogen) atoms. The van der Waals surface area contributed by atoms with Gasteiger partial charge in [0.2, 0.25) is 0 Å². The van der Waals surface area contributed by atoms with Crippen LogP contribution in [0, 0.1) is 0 Å². The van der Waals surface area contributed by atoms with Gasteiger partial charge in [0.25, 0.3) is 0 Å². The average Bonchev–Trinajstić information content (AvgIpc) is 2.96. The molecular formula is C13H15ClO6Si. The van der Waals surface area contributed by atoms with Gasteiger partial charge in [-0.2, -0.15) is 0 Å². The SMILES string of the molecule is C[Si](C)(C)c1cc(C(=O)O)co1.O=C(O)c1coc(Cl)c1. The molecule has 0 spiro atoms. The summed E-state index contributed by atoms with van der Waals surface area (Å²) in [6, 6.07) is 2.86. The van der Waals surface area contributed by atoms with Crippen LogP contribution in [0.4, 0.5) is 0 Å². The molecule has 2 N–H and O–H groups in total. The Morgan fingerprint density at radius 1 is 1.00 bits per heavy atom. The Bertz CT molecular complexity index is 637. The standard InChI is InChI=1S/C8H12O3Si.C5H3ClO3/c1-12(2,3)7-4-6(5-11-7)8(9)10;6-4-1-3(2-9-4)5(7)8/h4-5H,1-3H3,(H,9,10);1-2H,(H,7,8). The van der Waals surface area contributed by atoms with Crippen LogP contribution in [-0.4, -0.2) is 30.2 Å². The zero-order valence-electron chi connectivity index (χ0n) is 11.7.